The van der Waals surface area contributed by atoms with E-state index in [9.17, 15) is 9.18 Å². The van der Waals surface area contributed by atoms with Gasteiger partial charge in [-0.3, -0.25) is 4.79 Å². The molecule has 4 aromatic rings. The number of fused-ring (bicyclic) bond motifs is 1. The summed E-state index contributed by atoms with van der Waals surface area (Å²) in [4.78, 5) is 13.0. The summed E-state index contributed by atoms with van der Waals surface area (Å²) in [6.45, 7) is 5.17. The maximum absolute atomic E-state index is 14.1. The van der Waals surface area contributed by atoms with Gasteiger partial charge in [-0.05, 0) is 55.3 Å². The predicted octanol–water partition coefficient (Wildman–Crippen LogP) is 5.71. The largest absolute Gasteiger partial charge is 0.492 e. The number of ketones is 1. The van der Waals surface area contributed by atoms with Crippen molar-refractivity contribution in [2.75, 3.05) is 6.61 Å². The highest BCUT2D eigenvalue weighted by atomic mass is 19.1. The number of aryl methyl sites for hydroxylation is 2. The fraction of sp³-hybridized carbons (Fsp3) is 0.160. The van der Waals surface area contributed by atoms with E-state index in [1.54, 1.807) is 18.3 Å². The molecule has 1 aromatic heterocycles. The van der Waals surface area contributed by atoms with Crippen LogP contribution in [-0.2, 0) is 6.54 Å². The van der Waals surface area contributed by atoms with Crippen LogP contribution in [0.15, 0.2) is 72.9 Å². The third-order valence-corrected chi connectivity index (χ3v) is 5.23. The number of ether oxygens (including phenoxy) is 1. The molecule has 0 bridgehead atoms. The minimum absolute atomic E-state index is 0.0850. The van der Waals surface area contributed by atoms with Crippen molar-refractivity contribution >= 4 is 16.7 Å². The standard InChI is InChI=1S/C25H22FNO2/c1-17-11-12-19(15-18(17)2)29-14-13-27-16-22(20-7-4-6-10-24(20)27)25(28)21-8-3-5-9-23(21)26/h3-12,15-16H,13-14H2,1-2H3. The molecule has 29 heavy (non-hydrogen) atoms. The Morgan fingerprint density at radius 1 is 0.931 bits per heavy atom. The van der Waals surface area contributed by atoms with Crippen LogP contribution in [0.25, 0.3) is 10.9 Å². The smallest absolute Gasteiger partial charge is 0.198 e. The Morgan fingerprint density at radius 3 is 2.48 bits per heavy atom. The van der Waals surface area contributed by atoms with E-state index in [0.29, 0.717) is 18.7 Å². The van der Waals surface area contributed by atoms with Gasteiger partial charge < -0.3 is 9.30 Å². The molecule has 146 valence electrons. The van der Waals surface area contributed by atoms with Crippen molar-refractivity contribution in [2.24, 2.45) is 0 Å². The number of benzene rings is 3. The fourth-order valence-corrected chi connectivity index (χ4v) is 3.47. The summed E-state index contributed by atoms with van der Waals surface area (Å²) in [5.74, 6) is 0.00718. The van der Waals surface area contributed by atoms with E-state index in [0.717, 1.165) is 16.7 Å². The monoisotopic (exact) mass is 387 g/mol. The number of hydrogen-bond donors (Lipinski definition) is 0. The lowest BCUT2D eigenvalue weighted by molar-refractivity contribution is 0.103. The minimum atomic E-state index is -0.507. The molecule has 0 amide bonds. The number of aromatic nitrogens is 1. The molecule has 0 saturated carbocycles. The lowest BCUT2D eigenvalue weighted by atomic mass is 10.0. The molecular formula is C25H22FNO2. The third kappa shape index (κ3) is 3.79. The number of carbonyl (C=O) groups is 1. The Hall–Kier alpha value is -3.40. The molecular weight excluding hydrogens is 365 g/mol. The normalized spacial score (nSPS) is 11.0. The minimum Gasteiger partial charge on any atom is -0.492 e. The lowest BCUT2D eigenvalue weighted by Gasteiger charge is -2.10. The third-order valence-electron chi connectivity index (χ3n) is 5.23. The van der Waals surface area contributed by atoms with Gasteiger partial charge in [0.15, 0.2) is 5.78 Å². The molecule has 0 aliphatic heterocycles. The Labute approximate surface area is 169 Å². The zero-order chi connectivity index (χ0) is 20.4. The van der Waals surface area contributed by atoms with Gasteiger partial charge in [-0.2, -0.15) is 0 Å². The number of rotatable bonds is 6. The number of para-hydroxylation sites is 1. The number of carbonyl (C=O) groups excluding carboxylic acids is 1. The molecule has 0 saturated heterocycles. The first-order valence-electron chi connectivity index (χ1n) is 9.62. The van der Waals surface area contributed by atoms with Gasteiger partial charge in [0.1, 0.15) is 18.2 Å². The van der Waals surface area contributed by atoms with E-state index in [1.807, 2.05) is 47.0 Å². The van der Waals surface area contributed by atoms with Gasteiger partial charge in [0.2, 0.25) is 0 Å². The molecule has 0 fully saturated rings. The summed E-state index contributed by atoms with van der Waals surface area (Å²) in [6, 6.07) is 19.8. The SMILES string of the molecule is Cc1ccc(OCCn2cc(C(=O)c3ccccc3F)c3ccccc32)cc1C. The van der Waals surface area contributed by atoms with Crippen LogP contribution in [0.1, 0.15) is 27.0 Å². The van der Waals surface area contributed by atoms with Gasteiger partial charge in [0.05, 0.1) is 12.1 Å². The van der Waals surface area contributed by atoms with E-state index in [4.69, 9.17) is 4.74 Å². The van der Waals surface area contributed by atoms with Gasteiger partial charge in [-0.25, -0.2) is 4.39 Å². The van der Waals surface area contributed by atoms with Gasteiger partial charge in [0.25, 0.3) is 0 Å². The van der Waals surface area contributed by atoms with Crippen molar-refractivity contribution in [3.8, 4) is 5.75 Å². The van der Waals surface area contributed by atoms with Crippen molar-refractivity contribution < 1.29 is 13.9 Å². The van der Waals surface area contributed by atoms with Crippen LogP contribution in [0.3, 0.4) is 0 Å². The van der Waals surface area contributed by atoms with Crippen LogP contribution in [0.4, 0.5) is 4.39 Å². The molecule has 0 radical (unpaired) electrons. The maximum atomic E-state index is 14.1. The molecule has 0 N–H and O–H groups in total. The summed E-state index contributed by atoms with van der Waals surface area (Å²) < 4.78 is 22.0. The van der Waals surface area contributed by atoms with E-state index in [2.05, 4.69) is 13.8 Å². The van der Waals surface area contributed by atoms with E-state index in [-0.39, 0.29) is 11.3 Å². The summed E-state index contributed by atoms with van der Waals surface area (Å²) in [6.07, 6.45) is 1.79. The van der Waals surface area contributed by atoms with Crippen molar-refractivity contribution in [1.82, 2.24) is 4.57 Å². The average molecular weight is 387 g/mol. The van der Waals surface area contributed by atoms with Crippen molar-refractivity contribution in [3.63, 3.8) is 0 Å². The van der Waals surface area contributed by atoms with Crippen LogP contribution in [0.2, 0.25) is 0 Å². The van der Waals surface area contributed by atoms with Crippen molar-refractivity contribution in [2.45, 2.75) is 20.4 Å². The highest BCUT2D eigenvalue weighted by Crippen LogP contribution is 2.25. The van der Waals surface area contributed by atoms with Crippen LogP contribution >= 0.6 is 0 Å². The van der Waals surface area contributed by atoms with Crippen LogP contribution in [-0.4, -0.2) is 17.0 Å². The Morgan fingerprint density at radius 2 is 1.69 bits per heavy atom. The Kier molecular flexibility index (Phi) is 5.17. The highest BCUT2D eigenvalue weighted by molar-refractivity contribution is 6.16. The average Bonchev–Trinajstić information content (AvgIpc) is 3.09. The molecule has 0 aliphatic rings. The first kappa shape index (κ1) is 18.9. The van der Waals surface area contributed by atoms with Crippen molar-refractivity contribution in [1.29, 1.82) is 0 Å². The summed E-state index contributed by atoms with van der Waals surface area (Å²) in [5.41, 5.74) is 3.92. The zero-order valence-electron chi connectivity index (χ0n) is 16.5. The van der Waals surface area contributed by atoms with Gasteiger partial charge in [-0.15, -0.1) is 0 Å². The topological polar surface area (TPSA) is 31.2 Å². The van der Waals surface area contributed by atoms with E-state index in [1.165, 1.54) is 23.3 Å². The Balaban J connectivity index is 1.60. The molecule has 3 aromatic carbocycles. The Bertz CT molecular complexity index is 1190. The molecule has 0 atom stereocenters. The quantitative estimate of drug-likeness (QED) is 0.397. The molecule has 1 heterocycles. The van der Waals surface area contributed by atoms with Gasteiger partial charge in [0, 0.05) is 22.7 Å². The first-order valence-corrected chi connectivity index (χ1v) is 9.62. The van der Waals surface area contributed by atoms with Crippen LogP contribution in [0.5, 0.6) is 5.75 Å². The molecule has 0 unspecified atom stereocenters. The molecule has 3 nitrogen and oxygen atoms in total. The molecule has 4 heteroatoms. The molecule has 0 aliphatic carbocycles. The summed E-state index contributed by atoms with van der Waals surface area (Å²) in [7, 11) is 0. The summed E-state index contributed by atoms with van der Waals surface area (Å²) in [5, 5.41) is 0.812. The lowest BCUT2D eigenvalue weighted by Crippen LogP contribution is -2.08. The first-order chi connectivity index (χ1) is 14.0. The van der Waals surface area contributed by atoms with Crippen LogP contribution in [0, 0.1) is 19.7 Å². The second kappa shape index (κ2) is 7.92. The second-order valence-corrected chi connectivity index (χ2v) is 7.16. The fourth-order valence-electron chi connectivity index (χ4n) is 3.47. The predicted molar refractivity (Wildman–Crippen MR) is 113 cm³/mol. The maximum Gasteiger partial charge on any atom is 0.198 e. The van der Waals surface area contributed by atoms with E-state index < -0.39 is 5.82 Å². The number of halogens is 1. The number of nitrogens with zero attached hydrogens (tertiary/aromatic N) is 1. The molecule has 4 rings (SSSR count). The number of hydrogen-bond acceptors (Lipinski definition) is 2. The van der Waals surface area contributed by atoms with Crippen molar-refractivity contribution in [3.05, 3.63) is 101 Å². The van der Waals surface area contributed by atoms with E-state index >= 15 is 0 Å². The van der Waals surface area contributed by atoms with Gasteiger partial charge >= 0.3 is 0 Å². The van der Waals surface area contributed by atoms with Gasteiger partial charge in [-0.1, -0.05) is 36.4 Å². The zero-order valence-corrected chi connectivity index (χ0v) is 16.5. The van der Waals surface area contributed by atoms with Crippen LogP contribution < -0.4 is 4.74 Å². The molecule has 0 spiro atoms. The summed E-state index contributed by atoms with van der Waals surface area (Å²) >= 11 is 0. The second-order valence-electron chi connectivity index (χ2n) is 7.16. The highest BCUT2D eigenvalue weighted by Gasteiger charge is 2.19.